The molecule has 0 atom stereocenters. The number of nitrogens with zero attached hydrogens (tertiary/aromatic N) is 1. The molecule has 148 valence electrons. The standard InChI is InChI=1S/C23H22N2O3S/c26-22(19-14-25(15-19)23(27)21-7-4-12-29-21)24-13-17-8-10-20(11-9-17)28-16-18-5-2-1-3-6-18/h1-12,19H,13-16H2,(H,24,26). The number of hydrogen-bond acceptors (Lipinski definition) is 4. The predicted molar refractivity (Wildman–Crippen MR) is 113 cm³/mol. The van der Waals surface area contributed by atoms with Crippen LogP contribution in [0.25, 0.3) is 0 Å². The van der Waals surface area contributed by atoms with Crippen molar-refractivity contribution < 1.29 is 14.3 Å². The van der Waals surface area contributed by atoms with Gasteiger partial charge in [0.05, 0.1) is 10.8 Å². The molecule has 1 N–H and O–H groups in total. The van der Waals surface area contributed by atoms with Gasteiger partial charge in [0.2, 0.25) is 5.91 Å². The SMILES string of the molecule is O=C(NCc1ccc(OCc2ccccc2)cc1)C1CN(C(=O)c2cccs2)C1. The van der Waals surface area contributed by atoms with Gasteiger partial charge in [0.15, 0.2) is 0 Å². The zero-order chi connectivity index (χ0) is 20.1. The maximum atomic E-state index is 12.3. The van der Waals surface area contributed by atoms with Crippen LogP contribution in [0.1, 0.15) is 20.8 Å². The average molecular weight is 407 g/mol. The van der Waals surface area contributed by atoms with Crippen LogP contribution in [0.3, 0.4) is 0 Å². The van der Waals surface area contributed by atoms with Crippen molar-refractivity contribution in [3.8, 4) is 5.75 Å². The second-order valence-corrected chi connectivity index (χ2v) is 7.97. The van der Waals surface area contributed by atoms with Gasteiger partial charge in [-0.1, -0.05) is 48.5 Å². The Morgan fingerprint density at radius 3 is 2.41 bits per heavy atom. The molecule has 29 heavy (non-hydrogen) atoms. The van der Waals surface area contributed by atoms with Crippen molar-refractivity contribution in [3.05, 3.63) is 88.1 Å². The molecule has 3 aromatic rings. The van der Waals surface area contributed by atoms with E-state index < -0.39 is 0 Å². The zero-order valence-electron chi connectivity index (χ0n) is 15.9. The van der Waals surface area contributed by atoms with Gasteiger partial charge in [0.1, 0.15) is 12.4 Å². The number of benzene rings is 2. The van der Waals surface area contributed by atoms with Crippen LogP contribution in [0.15, 0.2) is 72.1 Å². The van der Waals surface area contributed by atoms with Crippen LogP contribution in [0.5, 0.6) is 5.75 Å². The van der Waals surface area contributed by atoms with Gasteiger partial charge < -0.3 is 15.0 Å². The van der Waals surface area contributed by atoms with Gasteiger partial charge in [-0.25, -0.2) is 0 Å². The van der Waals surface area contributed by atoms with Gasteiger partial charge in [-0.3, -0.25) is 9.59 Å². The van der Waals surface area contributed by atoms with Crippen LogP contribution in [-0.2, 0) is 17.9 Å². The molecule has 0 aliphatic carbocycles. The normalized spacial score (nSPS) is 13.6. The maximum absolute atomic E-state index is 12.3. The minimum absolute atomic E-state index is 0.00939. The fraction of sp³-hybridized carbons (Fsp3) is 0.217. The summed E-state index contributed by atoms with van der Waals surface area (Å²) in [5.74, 6) is 0.665. The Hall–Kier alpha value is -3.12. The van der Waals surface area contributed by atoms with Crippen molar-refractivity contribution >= 4 is 23.2 Å². The summed E-state index contributed by atoms with van der Waals surface area (Å²) < 4.78 is 5.78. The van der Waals surface area contributed by atoms with E-state index in [9.17, 15) is 9.59 Å². The van der Waals surface area contributed by atoms with E-state index >= 15 is 0 Å². The molecular weight excluding hydrogens is 384 g/mol. The zero-order valence-corrected chi connectivity index (χ0v) is 16.7. The number of rotatable bonds is 7. The minimum Gasteiger partial charge on any atom is -0.489 e. The topological polar surface area (TPSA) is 58.6 Å². The molecule has 0 spiro atoms. The number of hydrogen-bond donors (Lipinski definition) is 1. The van der Waals surface area contributed by atoms with E-state index in [1.165, 1.54) is 11.3 Å². The first-order valence-corrected chi connectivity index (χ1v) is 10.4. The lowest BCUT2D eigenvalue weighted by molar-refractivity contribution is -0.129. The highest BCUT2D eigenvalue weighted by molar-refractivity contribution is 7.12. The summed E-state index contributed by atoms with van der Waals surface area (Å²) in [4.78, 5) is 27.0. The summed E-state index contributed by atoms with van der Waals surface area (Å²) in [7, 11) is 0. The first kappa shape index (κ1) is 19.2. The number of nitrogens with one attached hydrogen (secondary N) is 1. The molecule has 5 nitrogen and oxygen atoms in total. The molecule has 0 unspecified atom stereocenters. The van der Waals surface area contributed by atoms with Crippen LogP contribution < -0.4 is 10.1 Å². The largest absolute Gasteiger partial charge is 0.489 e. The number of carbonyl (C=O) groups is 2. The van der Waals surface area contributed by atoms with Crippen LogP contribution in [-0.4, -0.2) is 29.8 Å². The number of amides is 2. The van der Waals surface area contributed by atoms with Crippen molar-refractivity contribution in [3.63, 3.8) is 0 Å². The summed E-state index contributed by atoms with van der Waals surface area (Å²) in [5, 5.41) is 4.84. The molecule has 2 amide bonds. The van der Waals surface area contributed by atoms with Gasteiger partial charge in [-0.15, -0.1) is 11.3 Å². The fourth-order valence-electron chi connectivity index (χ4n) is 3.14. The molecule has 1 saturated heterocycles. The monoisotopic (exact) mass is 406 g/mol. The molecule has 0 saturated carbocycles. The van der Waals surface area contributed by atoms with Crippen molar-refractivity contribution in [2.75, 3.05) is 13.1 Å². The Morgan fingerprint density at radius 1 is 0.966 bits per heavy atom. The first-order valence-electron chi connectivity index (χ1n) is 9.55. The second kappa shape index (κ2) is 8.92. The molecule has 6 heteroatoms. The van der Waals surface area contributed by atoms with Gasteiger partial charge in [-0.05, 0) is 34.7 Å². The summed E-state index contributed by atoms with van der Waals surface area (Å²) in [5.41, 5.74) is 2.13. The molecule has 0 bridgehead atoms. The number of ether oxygens (including phenoxy) is 1. The Balaban J connectivity index is 1.19. The highest BCUT2D eigenvalue weighted by Gasteiger charge is 2.36. The summed E-state index contributed by atoms with van der Waals surface area (Å²) in [6.45, 7) is 1.95. The summed E-state index contributed by atoms with van der Waals surface area (Å²) >= 11 is 1.43. The molecule has 2 heterocycles. The fourth-order valence-corrected chi connectivity index (χ4v) is 3.84. The third kappa shape index (κ3) is 4.84. The molecule has 1 aliphatic rings. The van der Waals surface area contributed by atoms with E-state index in [0.717, 1.165) is 21.8 Å². The number of carbonyl (C=O) groups excluding carboxylic acids is 2. The van der Waals surface area contributed by atoms with E-state index in [4.69, 9.17) is 4.74 Å². The van der Waals surface area contributed by atoms with Crippen LogP contribution in [0.2, 0.25) is 0 Å². The Kier molecular flexibility index (Phi) is 5.91. The van der Waals surface area contributed by atoms with E-state index in [2.05, 4.69) is 5.32 Å². The highest BCUT2D eigenvalue weighted by atomic mass is 32.1. The van der Waals surface area contributed by atoms with Gasteiger partial charge in [0, 0.05) is 19.6 Å². The third-order valence-corrected chi connectivity index (χ3v) is 5.77. The van der Waals surface area contributed by atoms with Crippen LogP contribution >= 0.6 is 11.3 Å². The molecule has 1 aromatic heterocycles. The Labute approximate surface area is 173 Å². The highest BCUT2D eigenvalue weighted by Crippen LogP contribution is 2.21. The van der Waals surface area contributed by atoms with Gasteiger partial charge in [-0.2, -0.15) is 0 Å². The van der Waals surface area contributed by atoms with Crippen LogP contribution in [0, 0.1) is 5.92 Å². The number of thiophene rings is 1. The smallest absolute Gasteiger partial charge is 0.263 e. The van der Waals surface area contributed by atoms with E-state index in [1.807, 2.05) is 72.1 Å². The van der Waals surface area contributed by atoms with Crippen molar-refractivity contribution in [1.82, 2.24) is 10.2 Å². The Bertz CT molecular complexity index is 950. The lowest BCUT2D eigenvalue weighted by Crippen LogP contribution is -2.55. The maximum Gasteiger partial charge on any atom is 0.263 e. The lowest BCUT2D eigenvalue weighted by Gasteiger charge is -2.37. The molecule has 1 fully saturated rings. The van der Waals surface area contributed by atoms with E-state index in [0.29, 0.717) is 26.2 Å². The Morgan fingerprint density at radius 2 is 1.72 bits per heavy atom. The summed E-state index contributed by atoms with van der Waals surface area (Å²) in [6.07, 6.45) is 0. The number of likely N-dealkylation sites (tertiary alicyclic amines) is 1. The predicted octanol–water partition coefficient (Wildman–Crippen LogP) is 3.72. The van der Waals surface area contributed by atoms with Gasteiger partial charge >= 0.3 is 0 Å². The average Bonchev–Trinajstić information content (AvgIpc) is 3.26. The van der Waals surface area contributed by atoms with Crippen molar-refractivity contribution in [2.45, 2.75) is 13.2 Å². The van der Waals surface area contributed by atoms with Crippen molar-refractivity contribution in [2.24, 2.45) is 5.92 Å². The quantitative estimate of drug-likeness (QED) is 0.651. The minimum atomic E-state index is -0.132. The van der Waals surface area contributed by atoms with Crippen molar-refractivity contribution in [1.29, 1.82) is 0 Å². The molecule has 4 rings (SSSR count). The molecule has 2 aromatic carbocycles. The lowest BCUT2D eigenvalue weighted by atomic mass is 9.98. The van der Waals surface area contributed by atoms with Crippen LogP contribution in [0.4, 0.5) is 0 Å². The van der Waals surface area contributed by atoms with E-state index in [-0.39, 0.29) is 17.7 Å². The van der Waals surface area contributed by atoms with E-state index in [1.54, 1.807) is 4.90 Å². The first-order chi connectivity index (χ1) is 14.2. The summed E-state index contributed by atoms with van der Waals surface area (Å²) in [6, 6.07) is 21.4. The molecule has 0 radical (unpaired) electrons. The second-order valence-electron chi connectivity index (χ2n) is 7.02. The molecular formula is C23H22N2O3S. The van der Waals surface area contributed by atoms with Gasteiger partial charge in [0.25, 0.3) is 5.91 Å². The third-order valence-electron chi connectivity index (χ3n) is 4.91. The molecule has 1 aliphatic heterocycles.